The number of halogens is 7. The summed E-state index contributed by atoms with van der Waals surface area (Å²) >= 11 is 3.91. The standard InChI is InChI=1S/C9H5BrF6OS/c10-4-1-5(18-3-4)2-6(17)7(8(11,12)13)9(14,15)16/h1,3,7H,2H2. The van der Waals surface area contributed by atoms with Crippen LogP contribution in [0.4, 0.5) is 26.3 Å². The first-order valence-corrected chi connectivity index (χ1v) is 6.08. The third-order valence-corrected chi connectivity index (χ3v) is 3.64. The lowest BCUT2D eigenvalue weighted by molar-refractivity contribution is -0.273. The van der Waals surface area contributed by atoms with E-state index in [0.717, 1.165) is 11.3 Å². The van der Waals surface area contributed by atoms with Crippen molar-refractivity contribution >= 4 is 33.0 Å². The van der Waals surface area contributed by atoms with Gasteiger partial charge in [0.1, 0.15) is 0 Å². The highest BCUT2D eigenvalue weighted by atomic mass is 79.9. The molecule has 18 heavy (non-hydrogen) atoms. The summed E-state index contributed by atoms with van der Waals surface area (Å²) in [4.78, 5) is 11.3. The van der Waals surface area contributed by atoms with Crippen LogP contribution in [0.2, 0.25) is 0 Å². The third kappa shape index (κ3) is 3.98. The van der Waals surface area contributed by atoms with Gasteiger partial charge in [0, 0.05) is 21.2 Å². The van der Waals surface area contributed by atoms with Gasteiger partial charge >= 0.3 is 12.4 Å². The van der Waals surface area contributed by atoms with Gasteiger partial charge in [0.2, 0.25) is 5.92 Å². The zero-order valence-corrected chi connectivity index (χ0v) is 10.8. The molecule has 0 aliphatic rings. The molecule has 0 aromatic carbocycles. The number of carbonyl (C=O) groups is 1. The minimum absolute atomic E-state index is 0.144. The Morgan fingerprint density at radius 3 is 2.06 bits per heavy atom. The van der Waals surface area contributed by atoms with E-state index in [0.29, 0.717) is 4.47 Å². The number of Topliss-reactive ketones (excluding diaryl/α,β-unsaturated/α-hetero) is 1. The number of ketones is 1. The van der Waals surface area contributed by atoms with Crippen LogP contribution in [0.15, 0.2) is 15.9 Å². The molecule has 0 N–H and O–H groups in total. The number of carbonyl (C=O) groups excluding carboxylic acids is 1. The Labute approximate surface area is 110 Å². The van der Waals surface area contributed by atoms with E-state index in [1.54, 1.807) is 0 Å². The van der Waals surface area contributed by atoms with Crippen LogP contribution in [0.1, 0.15) is 4.88 Å². The van der Waals surface area contributed by atoms with E-state index < -0.39 is 30.5 Å². The Morgan fingerprint density at radius 2 is 1.72 bits per heavy atom. The average Bonchev–Trinajstić information content (AvgIpc) is 2.44. The average molecular weight is 355 g/mol. The first-order chi connectivity index (χ1) is 8.01. The molecule has 1 nitrogen and oxygen atoms in total. The van der Waals surface area contributed by atoms with E-state index >= 15 is 0 Å². The van der Waals surface area contributed by atoms with Crippen LogP contribution in [-0.2, 0) is 11.2 Å². The predicted molar refractivity (Wildman–Crippen MR) is 56.3 cm³/mol. The maximum Gasteiger partial charge on any atom is 0.407 e. The van der Waals surface area contributed by atoms with Crippen molar-refractivity contribution < 1.29 is 31.1 Å². The van der Waals surface area contributed by atoms with Crippen molar-refractivity contribution in [3.63, 3.8) is 0 Å². The Kier molecular flexibility index (Phi) is 4.47. The molecular weight excluding hydrogens is 350 g/mol. The summed E-state index contributed by atoms with van der Waals surface area (Å²) in [6, 6.07) is 1.31. The molecule has 0 aliphatic carbocycles. The second-order valence-corrected chi connectivity index (χ2v) is 5.30. The second kappa shape index (κ2) is 5.20. The Balaban J connectivity index is 2.91. The van der Waals surface area contributed by atoms with Gasteiger partial charge in [-0.05, 0) is 22.0 Å². The molecule has 0 unspecified atom stereocenters. The zero-order valence-electron chi connectivity index (χ0n) is 8.40. The van der Waals surface area contributed by atoms with Crippen molar-refractivity contribution in [1.82, 2.24) is 0 Å². The van der Waals surface area contributed by atoms with Crippen LogP contribution in [0.5, 0.6) is 0 Å². The Morgan fingerprint density at radius 1 is 1.22 bits per heavy atom. The highest BCUT2D eigenvalue weighted by molar-refractivity contribution is 9.10. The van der Waals surface area contributed by atoms with Crippen molar-refractivity contribution in [2.75, 3.05) is 0 Å². The number of alkyl halides is 6. The van der Waals surface area contributed by atoms with Crippen LogP contribution in [0, 0.1) is 5.92 Å². The van der Waals surface area contributed by atoms with E-state index in [2.05, 4.69) is 15.9 Å². The Hall–Kier alpha value is -0.570. The van der Waals surface area contributed by atoms with Crippen molar-refractivity contribution in [3.05, 3.63) is 20.8 Å². The highest BCUT2D eigenvalue weighted by Crippen LogP contribution is 2.40. The number of hydrogen-bond donors (Lipinski definition) is 0. The van der Waals surface area contributed by atoms with Gasteiger partial charge < -0.3 is 0 Å². The monoisotopic (exact) mass is 354 g/mol. The molecule has 102 valence electrons. The molecule has 0 aliphatic heterocycles. The summed E-state index contributed by atoms with van der Waals surface area (Å²) in [5, 5.41) is 1.47. The fourth-order valence-electron chi connectivity index (χ4n) is 1.27. The summed E-state index contributed by atoms with van der Waals surface area (Å²) < 4.78 is 73.9. The molecule has 0 radical (unpaired) electrons. The lowest BCUT2D eigenvalue weighted by Gasteiger charge is -2.21. The SMILES string of the molecule is O=C(Cc1cc(Br)cs1)C(C(F)(F)F)C(F)(F)F. The van der Waals surface area contributed by atoms with Gasteiger partial charge in [0.15, 0.2) is 5.78 Å². The van der Waals surface area contributed by atoms with E-state index in [4.69, 9.17) is 0 Å². The minimum Gasteiger partial charge on any atom is -0.298 e. The fourth-order valence-corrected chi connectivity index (χ4v) is 2.73. The molecule has 1 aromatic rings. The van der Waals surface area contributed by atoms with E-state index in [1.165, 1.54) is 11.4 Å². The zero-order chi connectivity index (χ0) is 14.1. The second-order valence-electron chi connectivity index (χ2n) is 3.39. The number of hydrogen-bond acceptors (Lipinski definition) is 2. The van der Waals surface area contributed by atoms with Crippen LogP contribution in [0.25, 0.3) is 0 Å². The molecule has 0 saturated heterocycles. The molecule has 0 saturated carbocycles. The molecule has 0 bridgehead atoms. The first-order valence-electron chi connectivity index (χ1n) is 4.41. The van der Waals surface area contributed by atoms with Crippen LogP contribution >= 0.6 is 27.3 Å². The van der Waals surface area contributed by atoms with Gasteiger partial charge in [0.25, 0.3) is 0 Å². The minimum atomic E-state index is -5.62. The largest absolute Gasteiger partial charge is 0.407 e. The van der Waals surface area contributed by atoms with Gasteiger partial charge in [-0.25, -0.2) is 0 Å². The maximum absolute atomic E-state index is 12.2. The van der Waals surface area contributed by atoms with Gasteiger partial charge in [-0.3, -0.25) is 4.79 Å². The molecule has 0 amide bonds. The van der Waals surface area contributed by atoms with Crippen molar-refractivity contribution in [3.8, 4) is 0 Å². The third-order valence-electron chi connectivity index (χ3n) is 1.95. The lowest BCUT2D eigenvalue weighted by atomic mass is 10.00. The van der Waals surface area contributed by atoms with E-state index in [-0.39, 0.29) is 4.88 Å². The van der Waals surface area contributed by atoms with Crippen molar-refractivity contribution in [1.29, 1.82) is 0 Å². The van der Waals surface area contributed by atoms with Crippen LogP contribution in [-0.4, -0.2) is 18.1 Å². The van der Waals surface area contributed by atoms with Gasteiger partial charge in [-0.1, -0.05) is 0 Å². The van der Waals surface area contributed by atoms with Gasteiger partial charge in [-0.2, -0.15) is 26.3 Å². The molecule has 9 heteroatoms. The van der Waals surface area contributed by atoms with Crippen LogP contribution < -0.4 is 0 Å². The summed E-state index contributed by atoms with van der Waals surface area (Å²) in [6.45, 7) is 0. The summed E-state index contributed by atoms with van der Waals surface area (Å²) in [7, 11) is 0. The van der Waals surface area contributed by atoms with Crippen LogP contribution in [0.3, 0.4) is 0 Å². The molecule has 1 rings (SSSR count). The highest BCUT2D eigenvalue weighted by Gasteiger charge is 2.60. The summed E-state index contributed by atoms with van der Waals surface area (Å²) in [6.07, 6.45) is -12.1. The lowest BCUT2D eigenvalue weighted by Crippen LogP contribution is -2.43. The Bertz CT molecular complexity index is 421. The topological polar surface area (TPSA) is 17.1 Å². The molecular formula is C9H5BrF6OS. The quantitative estimate of drug-likeness (QED) is 0.737. The van der Waals surface area contributed by atoms with E-state index in [9.17, 15) is 31.1 Å². The summed E-state index contributed by atoms with van der Waals surface area (Å²) in [5.41, 5.74) is 0. The van der Waals surface area contributed by atoms with Crippen molar-refractivity contribution in [2.24, 2.45) is 5.92 Å². The summed E-state index contributed by atoms with van der Waals surface area (Å²) in [5.74, 6) is -5.82. The number of rotatable bonds is 3. The first kappa shape index (κ1) is 15.5. The molecule has 0 fully saturated rings. The van der Waals surface area contributed by atoms with Crippen molar-refractivity contribution in [2.45, 2.75) is 18.8 Å². The predicted octanol–water partition coefficient (Wildman–Crippen LogP) is 4.36. The number of thiophene rings is 1. The maximum atomic E-state index is 12.2. The van der Waals surface area contributed by atoms with E-state index in [1.807, 2.05) is 0 Å². The van der Waals surface area contributed by atoms with Gasteiger partial charge in [0.05, 0.1) is 0 Å². The van der Waals surface area contributed by atoms with Gasteiger partial charge in [-0.15, -0.1) is 11.3 Å². The fraction of sp³-hybridized carbons (Fsp3) is 0.444. The molecule has 1 heterocycles. The molecule has 0 atom stereocenters. The molecule has 1 aromatic heterocycles. The molecule has 0 spiro atoms. The normalized spacial score (nSPS) is 13.1. The smallest absolute Gasteiger partial charge is 0.298 e.